The second kappa shape index (κ2) is 4.47. The Morgan fingerprint density at radius 3 is 2.53 bits per heavy atom. The standard InChI is InChI=1S/C13H19N3O2S/c14-16-11-3-1-2-4-12(11)19(17,18)15-9-13(7-8-13)10-5-6-10/h1-4,10,15-16H,5-9,14H2. The van der Waals surface area contributed by atoms with Gasteiger partial charge < -0.3 is 5.43 Å². The monoisotopic (exact) mass is 281 g/mol. The predicted octanol–water partition coefficient (Wildman–Crippen LogP) is 1.44. The topological polar surface area (TPSA) is 84.2 Å². The van der Waals surface area contributed by atoms with Crippen molar-refractivity contribution in [2.75, 3.05) is 12.0 Å². The van der Waals surface area contributed by atoms with Gasteiger partial charge in [0.05, 0.1) is 5.69 Å². The van der Waals surface area contributed by atoms with E-state index in [-0.39, 0.29) is 10.3 Å². The number of nitrogens with one attached hydrogen (secondary N) is 2. The Morgan fingerprint density at radius 1 is 1.26 bits per heavy atom. The molecule has 0 unspecified atom stereocenters. The number of hydrogen-bond acceptors (Lipinski definition) is 4. The average molecular weight is 281 g/mol. The van der Waals surface area contributed by atoms with E-state index < -0.39 is 10.0 Å². The van der Waals surface area contributed by atoms with Gasteiger partial charge in [0.15, 0.2) is 0 Å². The van der Waals surface area contributed by atoms with E-state index in [1.54, 1.807) is 24.3 Å². The van der Waals surface area contributed by atoms with Gasteiger partial charge in [0.2, 0.25) is 10.0 Å². The number of para-hydroxylation sites is 1. The zero-order valence-electron chi connectivity index (χ0n) is 10.7. The zero-order chi connectivity index (χ0) is 13.5. The summed E-state index contributed by atoms with van der Waals surface area (Å²) >= 11 is 0. The third-order valence-corrected chi connectivity index (χ3v) is 5.74. The summed E-state index contributed by atoms with van der Waals surface area (Å²) in [5, 5.41) is 0. The maximum absolute atomic E-state index is 12.3. The highest BCUT2D eigenvalue weighted by Crippen LogP contribution is 2.60. The Labute approximate surface area is 113 Å². The molecule has 0 heterocycles. The summed E-state index contributed by atoms with van der Waals surface area (Å²) in [5.41, 5.74) is 3.10. The van der Waals surface area contributed by atoms with E-state index in [9.17, 15) is 8.42 Å². The first-order valence-electron chi connectivity index (χ1n) is 6.63. The van der Waals surface area contributed by atoms with Crippen LogP contribution in [0, 0.1) is 11.3 Å². The Bertz CT molecular complexity index is 577. The molecule has 0 amide bonds. The van der Waals surface area contributed by atoms with Crippen LogP contribution in [0.25, 0.3) is 0 Å². The molecule has 0 spiro atoms. The van der Waals surface area contributed by atoms with Crippen molar-refractivity contribution in [2.45, 2.75) is 30.6 Å². The van der Waals surface area contributed by atoms with Gasteiger partial charge in [-0.1, -0.05) is 12.1 Å². The van der Waals surface area contributed by atoms with Crippen molar-refractivity contribution >= 4 is 15.7 Å². The molecule has 0 aromatic heterocycles. The molecule has 1 aromatic carbocycles. The summed E-state index contributed by atoms with van der Waals surface area (Å²) in [7, 11) is -3.49. The van der Waals surface area contributed by atoms with Crippen LogP contribution in [-0.2, 0) is 10.0 Å². The van der Waals surface area contributed by atoms with Crippen LogP contribution in [-0.4, -0.2) is 15.0 Å². The number of rotatable bonds is 6. The molecule has 19 heavy (non-hydrogen) atoms. The highest BCUT2D eigenvalue weighted by Gasteiger charge is 2.53. The maximum Gasteiger partial charge on any atom is 0.242 e. The van der Waals surface area contributed by atoms with Crippen LogP contribution in [0.1, 0.15) is 25.7 Å². The summed E-state index contributed by atoms with van der Waals surface area (Å²) < 4.78 is 27.4. The summed E-state index contributed by atoms with van der Waals surface area (Å²) in [6, 6.07) is 6.67. The van der Waals surface area contributed by atoms with Gasteiger partial charge in [0, 0.05) is 6.54 Å². The average Bonchev–Trinajstić information content (AvgIpc) is 3.28. The third-order valence-electron chi connectivity index (χ3n) is 4.28. The fourth-order valence-electron chi connectivity index (χ4n) is 2.72. The zero-order valence-corrected chi connectivity index (χ0v) is 11.5. The summed E-state index contributed by atoms with van der Waals surface area (Å²) in [4.78, 5) is 0.212. The molecule has 104 valence electrons. The molecule has 0 bridgehead atoms. The molecule has 2 aliphatic rings. The minimum absolute atomic E-state index is 0.212. The molecule has 2 fully saturated rings. The van der Waals surface area contributed by atoms with Crippen LogP contribution in [0.5, 0.6) is 0 Å². The number of anilines is 1. The van der Waals surface area contributed by atoms with Crippen molar-refractivity contribution in [2.24, 2.45) is 17.2 Å². The number of hydrazine groups is 1. The van der Waals surface area contributed by atoms with E-state index in [0.29, 0.717) is 12.2 Å². The van der Waals surface area contributed by atoms with E-state index >= 15 is 0 Å². The number of hydrogen-bond donors (Lipinski definition) is 3. The molecule has 1 aromatic rings. The lowest BCUT2D eigenvalue weighted by Crippen LogP contribution is -2.32. The SMILES string of the molecule is NNc1ccccc1S(=O)(=O)NCC1(C2CC2)CC1. The molecule has 3 rings (SSSR count). The van der Waals surface area contributed by atoms with Crippen molar-refractivity contribution in [1.29, 1.82) is 0 Å². The highest BCUT2D eigenvalue weighted by atomic mass is 32.2. The fraction of sp³-hybridized carbons (Fsp3) is 0.538. The van der Waals surface area contributed by atoms with E-state index in [1.807, 2.05) is 0 Å². The smallest absolute Gasteiger partial charge is 0.242 e. The molecule has 6 heteroatoms. The first-order chi connectivity index (χ1) is 9.07. The number of nitrogens with two attached hydrogens (primary N) is 1. The van der Waals surface area contributed by atoms with Crippen LogP contribution in [0.3, 0.4) is 0 Å². The van der Waals surface area contributed by atoms with Crippen LogP contribution in [0.4, 0.5) is 5.69 Å². The van der Waals surface area contributed by atoms with Crippen LogP contribution >= 0.6 is 0 Å². The van der Waals surface area contributed by atoms with E-state index in [2.05, 4.69) is 10.1 Å². The molecular weight excluding hydrogens is 262 g/mol. The van der Waals surface area contributed by atoms with Gasteiger partial charge in [-0.05, 0) is 49.1 Å². The minimum atomic E-state index is -3.49. The van der Waals surface area contributed by atoms with E-state index in [4.69, 9.17) is 5.84 Å². The number of nitrogen functional groups attached to an aromatic ring is 1. The van der Waals surface area contributed by atoms with Crippen molar-refractivity contribution in [3.8, 4) is 0 Å². The Kier molecular flexibility index (Phi) is 3.03. The van der Waals surface area contributed by atoms with Gasteiger partial charge >= 0.3 is 0 Å². The minimum Gasteiger partial charge on any atom is -0.323 e. The Hall–Kier alpha value is -1.11. The second-order valence-corrected chi connectivity index (χ2v) is 7.34. The molecule has 0 aliphatic heterocycles. The van der Waals surface area contributed by atoms with Crippen LogP contribution < -0.4 is 16.0 Å². The van der Waals surface area contributed by atoms with E-state index in [1.165, 1.54) is 12.8 Å². The first-order valence-corrected chi connectivity index (χ1v) is 8.11. The maximum atomic E-state index is 12.3. The second-order valence-electron chi connectivity index (χ2n) is 5.60. The Morgan fingerprint density at radius 2 is 1.95 bits per heavy atom. The highest BCUT2D eigenvalue weighted by molar-refractivity contribution is 7.89. The summed E-state index contributed by atoms with van der Waals surface area (Å²) in [5.74, 6) is 6.09. The van der Waals surface area contributed by atoms with Gasteiger partial charge in [-0.3, -0.25) is 5.84 Å². The van der Waals surface area contributed by atoms with Gasteiger partial charge in [0.1, 0.15) is 4.90 Å². The quantitative estimate of drug-likeness (QED) is 0.544. The molecule has 0 saturated heterocycles. The molecule has 4 N–H and O–H groups in total. The number of sulfonamides is 1. The van der Waals surface area contributed by atoms with Gasteiger partial charge in [0.25, 0.3) is 0 Å². The summed E-state index contributed by atoms with van der Waals surface area (Å²) in [6.07, 6.45) is 4.80. The van der Waals surface area contributed by atoms with Crippen molar-refractivity contribution in [3.63, 3.8) is 0 Å². The lowest BCUT2D eigenvalue weighted by Gasteiger charge is -2.16. The lowest BCUT2D eigenvalue weighted by molar-refractivity contribution is 0.432. The predicted molar refractivity (Wildman–Crippen MR) is 73.8 cm³/mol. The van der Waals surface area contributed by atoms with Gasteiger partial charge in [-0.2, -0.15) is 0 Å². The van der Waals surface area contributed by atoms with Crippen LogP contribution in [0.2, 0.25) is 0 Å². The largest absolute Gasteiger partial charge is 0.323 e. The molecule has 2 saturated carbocycles. The lowest BCUT2D eigenvalue weighted by atomic mass is 10.0. The molecular formula is C13H19N3O2S. The van der Waals surface area contributed by atoms with E-state index in [0.717, 1.165) is 18.8 Å². The fourth-order valence-corrected chi connectivity index (χ4v) is 4.03. The van der Waals surface area contributed by atoms with Crippen molar-refractivity contribution in [1.82, 2.24) is 4.72 Å². The molecule has 0 radical (unpaired) electrons. The molecule has 5 nitrogen and oxygen atoms in total. The third kappa shape index (κ3) is 2.48. The summed E-state index contributed by atoms with van der Waals surface area (Å²) in [6.45, 7) is 0.554. The molecule has 2 aliphatic carbocycles. The molecule has 0 atom stereocenters. The van der Waals surface area contributed by atoms with Crippen molar-refractivity contribution < 1.29 is 8.42 Å². The number of benzene rings is 1. The normalized spacial score (nSPS) is 21.1. The first kappa shape index (κ1) is 12.9. The van der Waals surface area contributed by atoms with Gasteiger partial charge in [-0.25, -0.2) is 13.1 Å². The van der Waals surface area contributed by atoms with Gasteiger partial charge in [-0.15, -0.1) is 0 Å². The Balaban J connectivity index is 1.75. The van der Waals surface area contributed by atoms with Crippen LogP contribution in [0.15, 0.2) is 29.2 Å². The van der Waals surface area contributed by atoms with Crippen molar-refractivity contribution in [3.05, 3.63) is 24.3 Å².